The first-order chi connectivity index (χ1) is 10.7. The monoisotopic (exact) mass is 432 g/mol. The molecule has 1 heterocycles. The highest BCUT2D eigenvalue weighted by atomic mass is 127. The van der Waals surface area contributed by atoms with E-state index in [0.29, 0.717) is 18.0 Å². The van der Waals surface area contributed by atoms with Crippen LogP contribution in [0.3, 0.4) is 0 Å². The molecule has 0 unspecified atom stereocenters. The quantitative estimate of drug-likeness (QED) is 0.669. The summed E-state index contributed by atoms with van der Waals surface area (Å²) in [6.45, 7) is 5.66. The normalized spacial score (nSPS) is 11.2. The molecule has 0 bridgehead atoms. The molecule has 23 heavy (non-hydrogen) atoms. The molecule has 5 nitrogen and oxygen atoms in total. The van der Waals surface area contributed by atoms with Gasteiger partial charge in [-0.15, -0.1) is 0 Å². The Kier molecular flexibility index (Phi) is 5.51. The summed E-state index contributed by atoms with van der Waals surface area (Å²) in [6, 6.07) is 7.90. The molecule has 0 saturated heterocycles. The highest BCUT2D eigenvalue weighted by Crippen LogP contribution is 2.21. The lowest BCUT2D eigenvalue weighted by atomic mass is 10.2. The molecule has 0 aliphatic heterocycles. The Morgan fingerprint density at radius 1 is 1.30 bits per heavy atom. The Labute approximate surface area is 147 Å². The minimum absolute atomic E-state index is 0.268. The summed E-state index contributed by atoms with van der Waals surface area (Å²) in [5.41, 5.74) is 0.115. The van der Waals surface area contributed by atoms with E-state index in [9.17, 15) is 9.18 Å². The van der Waals surface area contributed by atoms with Crippen molar-refractivity contribution in [2.75, 3.05) is 10.6 Å². The van der Waals surface area contributed by atoms with E-state index in [0.717, 1.165) is 3.77 Å². The van der Waals surface area contributed by atoms with E-state index in [1.807, 2.05) is 12.1 Å². The van der Waals surface area contributed by atoms with Crippen LogP contribution in [-0.4, -0.2) is 11.7 Å². The lowest BCUT2D eigenvalue weighted by Gasteiger charge is -2.20. The van der Waals surface area contributed by atoms with Crippen LogP contribution < -0.4 is 10.6 Å². The van der Waals surface area contributed by atoms with Crippen molar-refractivity contribution in [1.82, 2.24) is 0 Å². The minimum atomic E-state index is -0.596. The molecule has 124 valence electrons. The molecule has 7 heteroatoms. The second-order valence-corrected chi connectivity index (χ2v) is 6.94. The number of carbonyl (C=O) groups excluding carboxylic acids is 1. The Balaban J connectivity index is 2.02. The molecular formula is C16H18FIN2O3. The molecule has 1 aromatic heterocycles. The van der Waals surface area contributed by atoms with Crippen molar-refractivity contribution in [2.45, 2.75) is 32.9 Å². The molecule has 0 saturated carbocycles. The summed E-state index contributed by atoms with van der Waals surface area (Å²) in [5.74, 6) is 0.278. The molecule has 2 N–H and O–H groups in total. The van der Waals surface area contributed by atoms with Crippen molar-refractivity contribution < 1.29 is 18.3 Å². The van der Waals surface area contributed by atoms with Crippen LogP contribution in [0.25, 0.3) is 0 Å². The van der Waals surface area contributed by atoms with E-state index >= 15 is 0 Å². The zero-order valence-electron chi connectivity index (χ0n) is 13.1. The van der Waals surface area contributed by atoms with Gasteiger partial charge in [-0.05, 0) is 73.7 Å². The Morgan fingerprint density at radius 2 is 2.04 bits per heavy atom. The Bertz CT molecular complexity index is 695. The van der Waals surface area contributed by atoms with Crippen molar-refractivity contribution in [3.63, 3.8) is 0 Å². The highest BCUT2D eigenvalue weighted by Gasteiger charge is 2.16. The molecule has 0 atom stereocenters. The van der Waals surface area contributed by atoms with Crippen molar-refractivity contribution in [3.8, 4) is 0 Å². The number of benzene rings is 1. The van der Waals surface area contributed by atoms with Crippen LogP contribution in [0.5, 0.6) is 0 Å². The molecule has 1 aromatic carbocycles. The van der Waals surface area contributed by atoms with Gasteiger partial charge in [-0.3, -0.25) is 5.32 Å². The summed E-state index contributed by atoms with van der Waals surface area (Å²) in [6.07, 6.45) is -0.587. The van der Waals surface area contributed by atoms with Gasteiger partial charge in [-0.1, -0.05) is 0 Å². The van der Waals surface area contributed by atoms with E-state index in [1.165, 1.54) is 18.2 Å². The van der Waals surface area contributed by atoms with Gasteiger partial charge in [0.2, 0.25) is 0 Å². The molecule has 2 rings (SSSR count). The van der Waals surface area contributed by atoms with Crippen LogP contribution >= 0.6 is 22.6 Å². The predicted molar refractivity (Wildman–Crippen MR) is 95.0 cm³/mol. The number of anilines is 2. The third-order valence-electron chi connectivity index (χ3n) is 2.69. The van der Waals surface area contributed by atoms with Gasteiger partial charge in [0.25, 0.3) is 0 Å². The Hall–Kier alpha value is -1.77. The smallest absolute Gasteiger partial charge is 0.412 e. The van der Waals surface area contributed by atoms with Crippen molar-refractivity contribution in [2.24, 2.45) is 0 Å². The first-order valence-corrected chi connectivity index (χ1v) is 8.08. The van der Waals surface area contributed by atoms with E-state index in [2.05, 4.69) is 33.2 Å². The number of rotatable bonds is 4. The predicted octanol–water partition coefficient (Wildman–Crippen LogP) is 4.98. The molecular weight excluding hydrogens is 414 g/mol. The lowest BCUT2D eigenvalue weighted by molar-refractivity contribution is 0.0636. The molecule has 1 amide bonds. The summed E-state index contributed by atoms with van der Waals surface area (Å²) in [5, 5.41) is 5.52. The summed E-state index contributed by atoms with van der Waals surface area (Å²) < 4.78 is 25.2. The average molecular weight is 432 g/mol. The maximum absolute atomic E-state index is 13.8. The summed E-state index contributed by atoms with van der Waals surface area (Å²) in [7, 11) is 0. The number of furan rings is 1. The van der Waals surface area contributed by atoms with Crippen LogP contribution in [0, 0.1) is 9.58 Å². The maximum atomic E-state index is 13.8. The number of amides is 1. The number of hydrogen-bond acceptors (Lipinski definition) is 4. The van der Waals surface area contributed by atoms with E-state index in [-0.39, 0.29) is 5.69 Å². The zero-order valence-corrected chi connectivity index (χ0v) is 15.2. The average Bonchev–Trinajstić information content (AvgIpc) is 2.83. The molecule has 0 radical (unpaired) electrons. The lowest BCUT2D eigenvalue weighted by Crippen LogP contribution is -2.27. The maximum Gasteiger partial charge on any atom is 0.412 e. The fourth-order valence-corrected chi connectivity index (χ4v) is 2.25. The van der Waals surface area contributed by atoms with E-state index in [4.69, 9.17) is 9.15 Å². The van der Waals surface area contributed by atoms with Gasteiger partial charge in [0, 0.05) is 5.69 Å². The van der Waals surface area contributed by atoms with Crippen LogP contribution in [0.1, 0.15) is 26.5 Å². The first-order valence-electron chi connectivity index (χ1n) is 7.00. The number of nitrogens with one attached hydrogen (secondary N) is 2. The second kappa shape index (κ2) is 7.20. The number of hydrogen-bond donors (Lipinski definition) is 2. The standard InChI is InChI=1S/C16H18FIN2O3/c1-16(2,3)23-15(21)20-10-4-6-12(17)13(8-10)19-9-11-5-7-14(18)22-11/h4-8,19H,9H2,1-3H3,(H,20,21). The summed E-state index contributed by atoms with van der Waals surface area (Å²) >= 11 is 2.06. The van der Waals surface area contributed by atoms with Gasteiger partial charge in [0.1, 0.15) is 17.2 Å². The third-order valence-corrected chi connectivity index (χ3v) is 3.27. The molecule has 2 aromatic rings. The Morgan fingerprint density at radius 3 is 2.65 bits per heavy atom. The summed E-state index contributed by atoms with van der Waals surface area (Å²) in [4.78, 5) is 11.7. The largest absolute Gasteiger partial charge is 0.454 e. The van der Waals surface area contributed by atoms with Crippen LogP contribution in [0.15, 0.2) is 34.7 Å². The van der Waals surface area contributed by atoms with Gasteiger partial charge < -0.3 is 14.5 Å². The second-order valence-electron chi connectivity index (χ2n) is 5.88. The molecule has 0 spiro atoms. The topological polar surface area (TPSA) is 63.5 Å². The van der Waals surface area contributed by atoms with E-state index in [1.54, 1.807) is 20.8 Å². The fraction of sp³-hybridized carbons (Fsp3) is 0.312. The number of ether oxygens (including phenoxy) is 1. The number of carbonyl (C=O) groups is 1. The zero-order chi connectivity index (χ0) is 17.0. The van der Waals surface area contributed by atoms with Gasteiger partial charge in [-0.25, -0.2) is 9.18 Å². The third kappa shape index (κ3) is 5.74. The van der Waals surface area contributed by atoms with Crippen LogP contribution in [0.2, 0.25) is 0 Å². The van der Waals surface area contributed by atoms with E-state index < -0.39 is 17.5 Å². The van der Waals surface area contributed by atoms with Gasteiger partial charge in [0.05, 0.1) is 12.2 Å². The number of halogens is 2. The minimum Gasteiger partial charge on any atom is -0.454 e. The van der Waals surface area contributed by atoms with Gasteiger partial charge >= 0.3 is 6.09 Å². The van der Waals surface area contributed by atoms with Gasteiger partial charge in [-0.2, -0.15) is 0 Å². The highest BCUT2D eigenvalue weighted by molar-refractivity contribution is 14.1. The van der Waals surface area contributed by atoms with Crippen LogP contribution in [0.4, 0.5) is 20.6 Å². The van der Waals surface area contributed by atoms with Gasteiger partial charge in [0.15, 0.2) is 3.77 Å². The molecule has 0 fully saturated rings. The molecule has 0 aliphatic carbocycles. The van der Waals surface area contributed by atoms with Crippen molar-refractivity contribution in [1.29, 1.82) is 0 Å². The van der Waals surface area contributed by atoms with Crippen LogP contribution in [-0.2, 0) is 11.3 Å². The van der Waals surface area contributed by atoms with Crippen molar-refractivity contribution >= 4 is 40.1 Å². The SMILES string of the molecule is CC(C)(C)OC(=O)Nc1ccc(F)c(NCc2ccc(I)o2)c1. The molecule has 0 aliphatic rings. The van der Waals surface area contributed by atoms with Crippen molar-refractivity contribution in [3.05, 3.63) is 45.7 Å². The first kappa shape index (κ1) is 17.6. The fourth-order valence-electron chi connectivity index (χ4n) is 1.79.